The molecule has 0 aliphatic carbocycles. The van der Waals surface area contributed by atoms with Crippen LogP contribution in [0.4, 0.5) is 0 Å². The lowest BCUT2D eigenvalue weighted by molar-refractivity contribution is -0.133. The fraction of sp³-hybridized carbons (Fsp3) is 0.615. The first-order valence-corrected chi connectivity index (χ1v) is 7.53. The fourth-order valence-corrected chi connectivity index (χ4v) is 3.05. The molecule has 0 saturated heterocycles. The second-order valence-electron chi connectivity index (χ2n) is 5.46. The molecule has 1 N–H and O–H groups in total. The number of aromatic nitrogens is 4. The van der Waals surface area contributed by atoms with Crippen LogP contribution in [0.25, 0.3) is 11.2 Å². The molecular weight excluding hydrogens is 276 g/mol. The Morgan fingerprint density at radius 2 is 2.10 bits per heavy atom. The third-order valence-electron chi connectivity index (χ3n) is 3.57. The van der Waals surface area contributed by atoms with Crippen LogP contribution in [0, 0.1) is 6.92 Å². The third-order valence-corrected chi connectivity index (χ3v) is 4.49. The summed E-state index contributed by atoms with van der Waals surface area (Å²) in [5.41, 5.74) is 2.52. The number of rotatable bonds is 5. The van der Waals surface area contributed by atoms with Gasteiger partial charge in [0.15, 0.2) is 10.8 Å². The Morgan fingerprint density at radius 1 is 1.45 bits per heavy atom. The van der Waals surface area contributed by atoms with E-state index >= 15 is 0 Å². The van der Waals surface area contributed by atoms with E-state index in [1.54, 1.807) is 0 Å². The van der Waals surface area contributed by atoms with E-state index in [4.69, 9.17) is 5.11 Å². The molecule has 0 saturated carbocycles. The summed E-state index contributed by atoms with van der Waals surface area (Å²) in [6, 6.07) is 0. The summed E-state index contributed by atoms with van der Waals surface area (Å²) in [4.78, 5) is 15.4. The van der Waals surface area contributed by atoms with E-state index in [0.29, 0.717) is 0 Å². The summed E-state index contributed by atoms with van der Waals surface area (Å²) in [6.07, 6.45) is 0.920. The molecule has 0 fully saturated rings. The third kappa shape index (κ3) is 2.42. The van der Waals surface area contributed by atoms with Crippen LogP contribution in [-0.2, 0) is 17.4 Å². The predicted octanol–water partition coefficient (Wildman–Crippen LogP) is 2.40. The Balaban J connectivity index is 2.64. The molecule has 0 atom stereocenters. The number of aliphatic carboxylic acids is 1. The topological polar surface area (TPSA) is 72.9 Å². The van der Waals surface area contributed by atoms with Gasteiger partial charge in [0.25, 0.3) is 0 Å². The Hall–Kier alpha value is -1.50. The molecule has 2 aromatic heterocycles. The van der Waals surface area contributed by atoms with E-state index in [1.807, 2.05) is 18.7 Å². The zero-order chi connectivity index (χ0) is 15.1. The van der Waals surface area contributed by atoms with Gasteiger partial charge in [-0.05, 0) is 27.2 Å². The van der Waals surface area contributed by atoms with Crippen LogP contribution < -0.4 is 0 Å². The van der Waals surface area contributed by atoms with Gasteiger partial charge in [0.2, 0.25) is 0 Å². The van der Waals surface area contributed by atoms with Gasteiger partial charge in [0.1, 0.15) is 5.52 Å². The second-order valence-corrected chi connectivity index (χ2v) is 6.40. The van der Waals surface area contributed by atoms with Crippen molar-refractivity contribution in [3.05, 3.63) is 5.69 Å². The van der Waals surface area contributed by atoms with Crippen LogP contribution >= 0.6 is 11.8 Å². The first-order valence-electron chi connectivity index (χ1n) is 6.55. The smallest absolute Gasteiger partial charge is 0.313 e. The molecule has 0 radical (unpaired) electrons. The molecule has 110 valence electrons. The molecule has 0 aliphatic heterocycles. The van der Waals surface area contributed by atoms with Gasteiger partial charge in [-0.15, -0.1) is 0 Å². The number of carboxylic acid groups (broad SMARTS) is 1. The van der Waals surface area contributed by atoms with E-state index < -0.39 is 5.97 Å². The number of hydrogen-bond acceptors (Lipinski definition) is 4. The monoisotopic (exact) mass is 296 g/mol. The quantitative estimate of drug-likeness (QED) is 0.858. The fourth-order valence-electron chi connectivity index (χ4n) is 2.18. The van der Waals surface area contributed by atoms with E-state index in [2.05, 4.69) is 35.4 Å². The van der Waals surface area contributed by atoms with Crippen LogP contribution in [0.5, 0.6) is 0 Å². The number of imidazole rings is 1. The molecule has 6 nitrogen and oxygen atoms in total. The van der Waals surface area contributed by atoms with E-state index in [0.717, 1.165) is 28.4 Å². The molecular formula is C13H20N4O2S. The van der Waals surface area contributed by atoms with Crippen molar-refractivity contribution in [1.29, 1.82) is 0 Å². The highest BCUT2D eigenvalue weighted by Crippen LogP contribution is 2.33. The number of carboxylic acids is 1. The van der Waals surface area contributed by atoms with E-state index in [1.165, 1.54) is 11.8 Å². The maximum Gasteiger partial charge on any atom is 0.313 e. The maximum atomic E-state index is 10.8. The van der Waals surface area contributed by atoms with Crippen molar-refractivity contribution in [2.24, 2.45) is 7.05 Å². The lowest BCUT2D eigenvalue weighted by atomic mass is 10.0. The molecule has 2 heterocycles. The molecule has 0 unspecified atom stereocenters. The lowest BCUT2D eigenvalue weighted by Crippen LogP contribution is -2.27. The summed E-state index contributed by atoms with van der Waals surface area (Å²) in [5.74, 6) is -0.826. The van der Waals surface area contributed by atoms with E-state index in [9.17, 15) is 4.79 Å². The molecule has 2 aromatic rings. The van der Waals surface area contributed by atoms with Gasteiger partial charge >= 0.3 is 5.97 Å². The molecule has 20 heavy (non-hydrogen) atoms. The van der Waals surface area contributed by atoms with Crippen molar-refractivity contribution in [2.75, 3.05) is 5.75 Å². The summed E-state index contributed by atoms with van der Waals surface area (Å²) in [7, 11) is 1.89. The van der Waals surface area contributed by atoms with Crippen molar-refractivity contribution in [1.82, 2.24) is 19.3 Å². The van der Waals surface area contributed by atoms with Gasteiger partial charge in [-0.2, -0.15) is 5.10 Å². The minimum absolute atomic E-state index is 0.00952. The van der Waals surface area contributed by atoms with Gasteiger partial charge in [-0.25, -0.2) is 4.98 Å². The van der Waals surface area contributed by atoms with Gasteiger partial charge < -0.3 is 5.11 Å². The zero-order valence-corrected chi connectivity index (χ0v) is 13.3. The highest BCUT2D eigenvalue weighted by atomic mass is 32.2. The van der Waals surface area contributed by atoms with Crippen LogP contribution in [0.1, 0.15) is 32.9 Å². The van der Waals surface area contributed by atoms with Crippen molar-refractivity contribution in [3.8, 4) is 0 Å². The molecule has 2 rings (SSSR count). The summed E-state index contributed by atoms with van der Waals surface area (Å²) < 4.78 is 3.93. The number of carbonyl (C=O) groups is 1. The number of aryl methyl sites for hydroxylation is 2. The number of hydrogen-bond donors (Lipinski definition) is 1. The normalized spacial score (nSPS) is 12.2. The first kappa shape index (κ1) is 14.9. The maximum absolute atomic E-state index is 10.8. The molecule has 0 spiro atoms. The minimum Gasteiger partial charge on any atom is -0.481 e. The standard InChI is InChI=1S/C13H20N4O2S/c1-6-13(3,4)17-11-10(8(2)15-16(11)5)14-12(17)20-7-9(18)19/h6-7H2,1-5H3,(H,18,19). The average molecular weight is 296 g/mol. The molecule has 0 aliphatic rings. The Kier molecular flexibility index (Phi) is 3.82. The van der Waals surface area contributed by atoms with Crippen molar-refractivity contribution < 1.29 is 9.90 Å². The largest absolute Gasteiger partial charge is 0.481 e. The van der Waals surface area contributed by atoms with Gasteiger partial charge in [-0.1, -0.05) is 18.7 Å². The SMILES string of the molecule is CCC(C)(C)n1c(SCC(=O)O)nc2c(C)nn(C)c21. The van der Waals surface area contributed by atoms with Crippen LogP contribution in [-0.4, -0.2) is 36.2 Å². The predicted molar refractivity (Wildman–Crippen MR) is 79.2 cm³/mol. The van der Waals surface area contributed by atoms with Crippen molar-refractivity contribution >= 4 is 28.9 Å². The number of fused-ring (bicyclic) bond motifs is 1. The van der Waals surface area contributed by atoms with Gasteiger partial charge in [0, 0.05) is 12.6 Å². The minimum atomic E-state index is -0.835. The summed E-state index contributed by atoms with van der Waals surface area (Å²) in [5, 5.41) is 14.0. The van der Waals surface area contributed by atoms with Gasteiger partial charge in [0.05, 0.1) is 11.4 Å². The van der Waals surface area contributed by atoms with E-state index in [-0.39, 0.29) is 11.3 Å². The summed E-state index contributed by atoms with van der Waals surface area (Å²) in [6.45, 7) is 8.29. The van der Waals surface area contributed by atoms with Gasteiger partial charge in [-0.3, -0.25) is 14.0 Å². The van der Waals surface area contributed by atoms with Crippen LogP contribution in [0.3, 0.4) is 0 Å². The number of nitrogens with zero attached hydrogens (tertiary/aromatic N) is 4. The highest BCUT2D eigenvalue weighted by molar-refractivity contribution is 7.99. The second kappa shape index (κ2) is 5.12. The number of thioether (sulfide) groups is 1. The van der Waals surface area contributed by atoms with Crippen molar-refractivity contribution in [2.45, 2.75) is 44.8 Å². The lowest BCUT2D eigenvalue weighted by Gasteiger charge is -2.27. The highest BCUT2D eigenvalue weighted by Gasteiger charge is 2.28. The van der Waals surface area contributed by atoms with Crippen LogP contribution in [0.2, 0.25) is 0 Å². The van der Waals surface area contributed by atoms with Crippen LogP contribution in [0.15, 0.2) is 5.16 Å². The Bertz CT molecular complexity index is 657. The summed E-state index contributed by atoms with van der Waals surface area (Å²) >= 11 is 1.26. The molecule has 0 amide bonds. The molecule has 0 bridgehead atoms. The molecule has 0 aromatic carbocycles. The first-order chi connectivity index (χ1) is 9.27. The zero-order valence-electron chi connectivity index (χ0n) is 12.5. The Labute approximate surface area is 122 Å². The average Bonchev–Trinajstić information content (AvgIpc) is 2.87. The van der Waals surface area contributed by atoms with Crippen molar-refractivity contribution in [3.63, 3.8) is 0 Å². The Morgan fingerprint density at radius 3 is 2.65 bits per heavy atom. The molecule has 7 heteroatoms.